The number of hydrogen-bond donors (Lipinski definition) is 2. The molecule has 118 valence electrons. The Labute approximate surface area is 133 Å². The normalized spacial score (nSPS) is 16.5. The molecule has 2 aromatic rings. The molecule has 2 amide bonds. The van der Waals surface area contributed by atoms with E-state index in [9.17, 15) is 9.59 Å². The molecule has 1 unspecified atom stereocenters. The Kier molecular flexibility index (Phi) is 3.99. The molecule has 0 aliphatic carbocycles. The number of nitrogens with one attached hydrogen (secondary N) is 1. The number of fused-ring (bicyclic) bond motifs is 1. The molecule has 23 heavy (non-hydrogen) atoms. The lowest BCUT2D eigenvalue weighted by atomic mass is 10.1. The second-order valence-corrected chi connectivity index (χ2v) is 5.29. The molecule has 0 aromatic heterocycles. The maximum Gasteiger partial charge on any atom is 0.274 e. The molecule has 0 saturated heterocycles. The molecule has 1 heterocycles. The summed E-state index contributed by atoms with van der Waals surface area (Å²) in [4.78, 5) is 25.7. The van der Waals surface area contributed by atoms with Crippen molar-refractivity contribution in [3.05, 3.63) is 59.7 Å². The average Bonchev–Trinajstić information content (AvgIpc) is 2.59. The number of benzene rings is 2. The van der Waals surface area contributed by atoms with E-state index in [-0.39, 0.29) is 11.5 Å². The van der Waals surface area contributed by atoms with Gasteiger partial charge < -0.3 is 9.64 Å². The molecule has 2 aromatic carbocycles. The van der Waals surface area contributed by atoms with Crippen LogP contribution >= 0.6 is 0 Å². The number of anilines is 1. The minimum Gasteiger partial charge on any atom is -0.479 e. The van der Waals surface area contributed by atoms with Crippen LogP contribution in [0.3, 0.4) is 0 Å². The lowest BCUT2D eigenvalue weighted by molar-refractivity contribution is -0.125. The monoisotopic (exact) mass is 312 g/mol. The standard InChI is InChI=1S/C17H16N2O4/c1-11-17(21)19(10-12-5-3-2-4-6-12)14-9-13(16(20)18-22)7-8-15(14)23-11/h2-9,11,22H,10H2,1H3,(H,18,20). The molecule has 0 fully saturated rings. The average molecular weight is 312 g/mol. The van der Waals surface area contributed by atoms with Crippen molar-refractivity contribution < 1.29 is 19.5 Å². The van der Waals surface area contributed by atoms with Crippen molar-refractivity contribution in [2.45, 2.75) is 19.6 Å². The first-order valence-corrected chi connectivity index (χ1v) is 7.20. The third-order valence-electron chi connectivity index (χ3n) is 3.71. The quantitative estimate of drug-likeness (QED) is 0.672. The van der Waals surface area contributed by atoms with Crippen LogP contribution in [0.5, 0.6) is 5.75 Å². The van der Waals surface area contributed by atoms with Crippen LogP contribution in [0, 0.1) is 0 Å². The van der Waals surface area contributed by atoms with Crippen LogP contribution in [0.2, 0.25) is 0 Å². The Bertz CT molecular complexity index is 746. The molecule has 1 atom stereocenters. The van der Waals surface area contributed by atoms with E-state index in [2.05, 4.69) is 0 Å². The predicted octanol–water partition coefficient (Wildman–Crippen LogP) is 2.12. The summed E-state index contributed by atoms with van der Waals surface area (Å²) in [6.07, 6.45) is -0.594. The number of amides is 2. The van der Waals surface area contributed by atoms with E-state index < -0.39 is 12.0 Å². The molecule has 1 aliphatic rings. The van der Waals surface area contributed by atoms with Gasteiger partial charge in [-0.05, 0) is 30.7 Å². The van der Waals surface area contributed by atoms with Gasteiger partial charge in [0.1, 0.15) is 5.75 Å². The van der Waals surface area contributed by atoms with Gasteiger partial charge in [-0.25, -0.2) is 5.48 Å². The van der Waals surface area contributed by atoms with Crippen molar-refractivity contribution in [2.75, 3.05) is 4.90 Å². The van der Waals surface area contributed by atoms with E-state index in [1.54, 1.807) is 23.4 Å². The molecule has 3 rings (SSSR count). The van der Waals surface area contributed by atoms with Crippen molar-refractivity contribution in [3.63, 3.8) is 0 Å². The lowest BCUT2D eigenvalue weighted by Gasteiger charge is -2.33. The van der Waals surface area contributed by atoms with Crippen molar-refractivity contribution in [3.8, 4) is 5.75 Å². The second-order valence-electron chi connectivity index (χ2n) is 5.29. The van der Waals surface area contributed by atoms with Crippen molar-refractivity contribution in [1.82, 2.24) is 5.48 Å². The molecule has 2 N–H and O–H groups in total. The van der Waals surface area contributed by atoms with Crippen LogP contribution in [0.25, 0.3) is 0 Å². The Morgan fingerprint density at radius 1 is 1.26 bits per heavy atom. The van der Waals surface area contributed by atoms with E-state index in [0.717, 1.165) is 5.56 Å². The Morgan fingerprint density at radius 3 is 2.70 bits per heavy atom. The molecule has 0 radical (unpaired) electrons. The van der Waals surface area contributed by atoms with Gasteiger partial charge in [-0.2, -0.15) is 0 Å². The molecule has 1 aliphatic heterocycles. The summed E-state index contributed by atoms with van der Waals surface area (Å²) >= 11 is 0. The molecule has 0 saturated carbocycles. The molecule has 0 spiro atoms. The molecule has 6 heteroatoms. The zero-order chi connectivity index (χ0) is 16.4. The summed E-state index contributed by atoms with van der Waals surface area (Å²) in [6.45, 7) is 2.07. The van der Waals surface area contributed by atoms with E-state index in [1.807, 2.05) is 30.3 Å². The number of carbonyl (C=O) groups is 2. The van der Waals surface area contributed by atoms with Gasteiger partial charge in [0.25, 0.3) is 11.8 Å². The van der Waals surface area contributed by atoms with Crippen LogP contribution in [0.15, 0.2) is 48.5 Å². The zero-order valence-corrected chi connectivity index (χ0v) is 12.5. The van der Waals surface area contributed by atoms with Gasteiger partial charge in [-0.15, -0.1) is 0 Å². The topological polar surface area (TPSA) is 78.9 Å². The number of rotatable bonds is 3. The minimum atomic E-state index is -0.640. The van der Waals surface area contributed by atoms with E-state index in [1.165, 1.54) is 12.1 Å². The second kappa shape index (κ2) is 6.10. The van der Waals surface area contributed by atoms with Gasteiger partial charge in [0, 0.05) is 5.56 Å². The highest BCUT2D eigenvalue weighted by molar-refractivity contribution is 6.02. The fraction of sp³-hybridized carbons (Fsp3) is 0.176. The Hall–Kier alpha value is -2.86. The summed E-state index contributed by atoms with van der Waals surface area (Å²) in [7, 11) is 0. The zero-order valence-electron chi connectivity index (χ0n) is 12.5. The van der Waals surface area contributed by atoms with Crippen LogP contribution in [0.4, 0.5) is 5.69 Å². The molecule has 0 bridgehead atoms. The smallest absolute Gasteiger partial charge is 0.274 e. The van der Waals surface area contributed by atoms with Crippen molar-refractivity contribution in [2.24, 2.45) is 0 Å². The maximum absolute atomic E-state index is 12.5. The lowest BCUT2D eigenvalue weighted by Crippen LogP contribution is -2.44. The third-order valence-corrected chi connectivity index (χ3v) is 3.71. The van der Waals surface area contributed by atoms with Crippen LogP contribution in [-0.2, 0) is 11.3 Å². The summed E-state index contributed by atoms with van der Waals surface area (Å²) in [5, 5.41) is 8.78. The van der Waals surface area contributed by atoms with Gasteiger partial charge in [0.15, 0.2) is 6.10 Å². The predicted molar refractivity (Wildman–Crippen MR) is 83.4 cm³/mol. The number of hydroxylamine groups is 1. The van der Waals surface area contributed by atoms with Crippen molar-refractivity contribution in [1.29, 1.82) is 0 Å². The number of nitrogens with zero attached hydrogens (tertiary/aromatic N) is 1. The number of ether oxygens (including phenoxy) is 1. The number of hydrogen-bond acceptors (Lipinski definition) is 4. The first-order valence-electron chi connectivity index (χ1n) is 7.20. The summed E-state index contributed by atoms with van der Waals surface area (Å²) in [5.74, 6) is -0.288. The summed E-state index contributed by atoms with van der Waals surface area (Å²) in [5.41, 5.74) is 3.32. The SMILES string of the molecule is CC1Oc2ccc(C(=O)NO)cc2N(Cc2ccccc2)C1=O. The van der Waals surface area contributed by atoms with Gasteiger partial charge >= 0.3 is 0 Å². The van der Waals surface area contributed by atoms with Crippen LogP contribution in [0.1, 0.15) is 22.8 Å². The van der Waals surface area contributed by atoms with Gasteiger partial charge in [-0.3, -0.25) is 14.8 Å². The highest BCUT2D eigenvalue weighted by Crippen LogP contribution is 2.35. The van der Waals surface area contributed by atoms with Crippen LogP contribution in [-0.4, -0.2) is 23.1 Å². The Balaban J connectivity index is 2.01. The van der Waals surface area contributed by atoms with Crippen molar-refractivity contribution >= 4 is 17.5 Å². The molecular weight excluding hydrogens is 296 g/mol. The minimum absolute atomic E-state index is 0.178. The summed E-state index contributed by atoms with van der Waals surface area (Å²) < 4.78 is 5.59. The first kappa shape index (κ1) is 15.1. The van der Waals surface area contributed by atoms with Crippen LogP contribution < -0.4 is 15.1 Å². The van der Waals surface area contributed by atoms with E-state index in [0.29, 0.717) is 18.0 Å². The highest BCUT2D eigenvalue weighted by atomic mass is 16.5. The first-order chi connectivity index (χ1) is 11.1. The van der Waals surface area contributed by atoms with E-state index in [4.69, 9.17) is 9.94 Å². The maximum atomic E-state index is 12.5. The molecular formula is C17H16N2O4. The summed E-state index contributed by atoms with van der Waals surface area (Å²) in [6, 6.07) is 14.3. The molecule has 6 nitrogen and oxygen atoms in total. The fourth-order valence-electron chi connectivity index (χ4n) is 2.54. The van der Waals surface area contributed by atoms with Gasteiger partial charge in [0.05, 0.1) is 12.2 Å². The third kappa shape index (κ3) is 2.89. The van der Waals surface area contributed by atoms with Gasteiger partial charge in [0.2, 0.25) is 0 Å². The van der Waals surface area contributed by atoms with Gasteiger partial charge in [-0.1, -0.05) is 30.3 Å². The number of carbonyl (C=O) groups excluding carboxylic acids is 2. The highest BCUT2D eigenvalue weighted by Gasteiger charge is 2.32. The fourth-order valence-corrected chi connectivity index (χ4v) is 2.54. The van der Waals surface area contributed by atoms with E-state index >= 15 is 0 Å². The largest absolute Gasteiger partial charge is 0.479 e. The Morgan fingerprint density at radius 2 is 2.00 bits per heavy atom.